The lowest BCUT2D eigenvalue weighted by atomic mass is 9.73. The number of carbonyl (C=O) groups is 2. The number of hydrogen-bond acceptors (Lipinski definition) is 6. The summed E-state index contributed by atoms with van der Waals surface area (Å²) < 4.78 is 10.3. The van der Waals surface area contributed by atoms with E-state index in [1.54, 1.807) is 30.8 Å². The lowest BCUT2D eigenvalue weighted by Crippen LogP contribution is -2.50. The third kappa shape index (κ3) is 3.04. The summed E-state index contributed by atoms with van der Waals surface area (Å²) in [5.41, 5.74) is 0.585. The summed E-state index contributed by atoms with van der Waals surface area (Å²) in [7, 11) is 1.56. The first kappa shape index (κ1) is 17.9. The number of nitrogens with zero attached hydrogens (tertiary/aromatic N) is 3. The van der Waals surface area contributed by atoms with E-state index in [1.165, 1.54) is 0 Å². The number of methoxy groups -OCH3 is 1. The van der Waals surface area contributed by atoms with Crippen LogP contribution in [0, 0.1) is 18.3 Å². The quantitative estimate of drug-likeness (QED) is 0.845. The van der Waals surface area contributed by atoms with Crippen molar-refractivity contribution in [1.29, 1.82) is 0 Å². The summed E-state index contributed by atoms with van der Waals surface area (Å²) in [5.74, 6) is 0.464. The zero-order valence-corrected chi connectivity index (χ0v) is 14.9. The molecule has 1 N–H and O–H groups in total. The van der Waals surface area contributed by atoms with Crippen molar-refractivity contribution in [3.8, 4) is 0 Å². The van der Waals surface area contributed by atoms with E-state index in [4.69, 9.17) is 9.26 Å². The predicted octanol–water partition coefficient (Wildman–Crippen LogP) is 0.432. The number of ether oxygens (including phenoxy) is 1. The van der Waals surface area contributed by atoms with Crippen LogP contribution in [0.3, 0.4) is 0 Å². The van der Waals surface area contributed by atoms with Crippen LogP contribution >= 0.6 is 0 Å². The van der Waals surface area contributed by atoms with Gasteiger partial charge in [-0.1, -0.05) is 5.16 Å². The maximum Gasteiger partial charge on any atom is 0.276 e. The van der Waals surface area contributed by atoms with Gasteiger partial charge >= 0.3 is 0 Å². The van der Waals surface area contributed by atoms with E-state index in [2.05, 4.69) is 5.16 Å². The number of fused-ring (bicyclic) bond motifs is 1. The summed E-state index contributed by atoms with van der Waals surface area (Å²) in [5, 5.41) is 13.9. The number of rotatable bonds is 4. The Bertz CT molecular complexity index is 673. The molecule has 138 valence electrons. The van der Waals surface area contributed by atoms with Gasteiger partial charge in [-0.2, -0.15) is 0 Å². The van der Waals surface area contributed by atoms with Crippen molar-refractivity contribution in [3.05, 3.63) is 17.0 Å². The number of carbonyl (C=O) groups excluding carboxylic acids is 2. The highest BCUT2D eigenvalue weighted by atomic mass is 16.5. The maximum atomic E-state index is 13.0. The molecular weight excluding hydrogens is 326 g/mol. The highest BCUT2D eigenvalue weighted by Crippen LogP contribution is 2.43. The largest absolute Gasteiger partial charge is 0.396 e. The molecule has 3 heterocycles. The standard InChI is InChI=1S/C17H25N3O5/c1-11-14(8-24-3)15(18-25-11)16(23)20-7-13-6-19(12(2)22)5-4-17(13,9-20)10-21/h13,21H,4-10H2,1-3H3. The van der Waals surface area contributed by atoms with E-state index >= 15 is 0 Å². The molecule has 8 nitrogen and oxygen atoms in total. The zero-order valence-electron chi connectivity index (χ0n) is 14.9. The number of hydrogen-bond donors (Lipinski definition) is 1. The van der Waals surface area contributed by atoms with Crippen LogP contribution in [0.2, 0.25) is 0 Å². The second-order valence-corrected chi connectivity index (χ2v) is 7.12. The van der Waals surface area contributed by atoms with Crippen LogP contribution in [-0.4, -0.2) is 71.8 Å². The molecule has 3 rings (SSSR count). The third-order valence-electron chi connectivity index (χ3n) is 5.66. The van der Waals surface area contributed by atoms with Crippen LogP contribution in [-0.2, 0) is 16.1 Å². The van der Waals surface area contributed by atoms with Gasteiger partial charge in [0, 0.05) is 51.5 Å². The summed E-state index contributed by atoms with van der Waals surface area (Å²) in [6.07, 6.45) is 0.695. The van der Waals surface area contributed by atoms with Gasteiger partial charge in [0.05, 0.1) is 18.8 Å². The molecule has 0 radical (unpaired) electrons. The molecule has 2 aliphatic rings. The molecule has 2 unspecified atom stereocenters. The lowest BCUT2D eigenvalue weighted by molar-refractivity contribution is -0.133. The fourth-order valence-electron chi connectivity index (χ4n) is 4.01. The number of likely N-dealkylation sites (tertiary alicyclic amines) is 2. The Kier molecular flexibility index (Phi) is 4.83. The van der Waals surface area contributed by atoms with E-state index in [0.29, 0.717) is 43.9 Å². The molecule has 1 aromatic heterocycles. The highest BCUT2D eigenvalue weighted by molar-refractivity contribution is 5.94. The number of aliphatic hydroxyl groups is 1. The Morgan fingerprint density at radius 1 is 1.40 bits per heavy atom. The Morgan fingerprint density at radius 3 is 2.76 bits per heavy atom. The molecule has 0 spiro atoms. The minimum atomic E-state index is -0.345. The van der Waals surface area contributed by atoms with Crippen molar-refractivity contribution >= 4 is 11.8 Å². The van der Waals surface area contributed by atoms with Crippen molar-refractivity contribution in [2.75, 3.05) is 39.9 Å². The summed E-state index contributed by atoms with van der Waals surface area (Å²) in [4.78, 5) is 28.2. The van der Waals surface area contributed by atoms with Gasteiger partial charge in [0.15, 0.2) is 5.69 Å². The molecular formula is C17H25N3O5. The van der Waals surface area contributed by atoms with Gasteiger partial charge in [0.1, 0.15) is 5.76 Å². The monoisotopic (exact) mass is 351 g/mol. The Balaban J connectivity index is 1.81. The zero-order chi connectivity index (χ0) is 18.2. The van der Waals surface area contributed by atoms with Crippen LogP contribution in [0.5, 0.6) is 0 Å². The van der Waals surface area contributed by atoms with Gasteiger partial charge < -0.3 is 24.2 Å². The van der Waals surface area contributed by atoms with Crippen molar-refractivity contribution < 1.29 is 24.0 Å². The summed E-state index contributed by atoms with van der Waals surface area (Å²) in [6.45, 7) is 5.74. The predicted molar refractivity (Wildman–Crippen MR) is 87.7 cm³/mol. The minimum absolute atomic E-state index is 0.00988. The molecule has 8 heteroatoms. The average molecular weight is 351 g/mol. The number of amides is 2. The molecule has 2 aliphatic heterocycles. The SMILES string of the molecule is COCc1c(C(=O)N2CC3CN(C(C)=O)CCC3(CO)C2)noc1C. The fraction of sp³-hybridized carbons (Fsp3) is 0.706. The van der Waals surface area contributed by atoms with Gasteiger partial charge in [0.25, 0.3) is 5.91 Å². The third-order valence-corrected chi connectivity index (χ3v) is 5.66. The van der Waals surface area contributed by atoms with Crippen LogP contribution in [0.4, 0.5) is 0 Å². The van der Waals surface area contributed by atoms with Crippen molar-refractivity contribution in [3.63, 3.8) is 0 Å². The number of aryl methyl sites for hydroxylation is 1. The molecule has 2 amide bonds. The van der Waals surface area contributed by atoms with Crippen LogP contribution < -0.4 is 0 Å². The van der Waals surface area contributed by atoms with Crippen molar-refractivity contribution in [1.82, 2.24) is 15.0 Å². The van der Waals surface area contributed by atoms with E-state index in [-0.39, 0.29) is 42.1 Å². The van der Waals surface area contributed by atoms with Crippen LogP contribution in [0.25, 0.3) is 0 Å². The molecule has 0 saturated carbocycles. The van der Waals surface area contributed by atoms with Gasteiger partial charge in [0.2, 0.25) is 5.91 Å². The average Bonchev–Trinajstić information content (AvgIpc) is 3.15. The Labute approximate surface area is 146 Å². The van der Waals surface area contributed by atoms with E-state index in [1.807, 2.05) is 0 Å². The van der Waals surface area contributed by atoms with Crippen LogP contribution in [0.15, 0.2) is 4.52 Å². The van der Waals surface area contributed by atoms with E-state index in [9.17, 15) is 14.7 Å². The first-order chi connectivity index (χ1) is 11.9. The van der Waals surface area contributed by atoms with Gasteiger partial charge in [-0.3, -0.25) is 9.59 Å². The number of aromatic nitrogens is 1. The first-order valence-corrected chi connectivity index (χ1v) is 8.51. The normalized spacial score (nSPS) is 26.0. The van der Waals surface area contributed by atoms with Crippen molar-refractivity contribution in [2.45, 2.75) is 26.9 Å². The lowest BCUT2D eigenvalue weighted by Gasteiger charge is -2.41. The molecule has 2 atom stereocenters. The second kappa shape index (κ2) is 6.76. The smallest absolute Gasteiger partial charge is 0.276 e. The topological polar surface area (TPSA) is 96.1 Å². The number of aliphatic hydroxyl groups excluding tert-OH is 1. The van der Waals surface area contributed by atoms with Gasteiger partial charge in [-0.25, -0.2) is 0 Å². The Hall–Kier alpha value is -1.93. The van der Waals surface area contributed by atoms with Crippen molar-refractivity contribution in [2.24, 2.45) is 11.3 Å². The molecule has 0 bridgehead atoms. The molecule has 25 heavy (non-hydrogen) atoms. The second-order valence-electron chi connectivity index (χ2n) is 7.12. The Morgan fingerprint density at radius 2 is 2.12 bits per heavy atom. The van der Waals surface area contributed by atoms with Crippen LogP contribution in [0.1, 0.15) is 35.2 Å². The van der Waals surface area contributed by atoms with E-state index in [0.717, 1.165) is 0 Å². The summed E-state index contributed by atoms with van der Waals surface area (Å²) >= 11 is 0. The maximum absolute atomic E-state index is 13.0. The summed E-state index contributed by atoms with van der Waals surface area (Å²) in [6, 6.07) is 0. The molecule has 0 aliphatic carbocycles. The molecule has 2 saturated heterocycles. The van der Waals surface area contributed by atoms with Gasteiger partial charge in [-0.15, -0.1) is 0 Å². The highest BCUT2D eigenvalue weighted by Gasteiger charge is 2.51. The fourth-order valence-corrected chi connectivity index (χ4v) is 4.01. The molecule has 1 aromatic rings. The molecule has 2 fully saturated rings. The number of piperidine rings is 1. The molecule has 0 aromatic carbocycles. The van der Waals surface area contributed by atoms with Gasteiger partial charge in [-0.05, 0) is 13.3 Å². The minimum Gasteiger partial charge on any atom is -0.396 e. The van der Waals surface area contributed by atoms with E-state index < -0.39 is 0 Å². The first-order valence-electron chi connectivity index (χ1n) is 8.51.